The van der Waals surface area contributed by atoms with Gasteiger partial charge in [-0.25, -0.2) is 0 Å². The van der Waals surface area contributed by atoms with Crippen LogP contribution in [-0.4, -0.2) is 4.57 Å². The predicted molar refractivity (Wildman–Crippen MR) is 70.5 cm³/mol. The number of hydrogen-bond acceptors (Lipinski definition) is 1. The molecule has 0 atom stereocenters. The van der Waals surface area contributed by atoms with Crippen LogP contribution in [0.5, 0.6) is 0 Å². The molecule has 0 aliphatic rings. The van der Waals surface area contributed by atoms with Gasteiger partial charge in [-0.2, -0.15) is 0 Å². The molecule has 0 fully saturated rings. The molecule has 0 saturated heterocycles. The molecule has 17 heavy (non-hydrogen) atoms. The minimum atomic E-state index is 0.108. The number of aryl methyl sites for hydroxylation is 1. The van der Waals surface area contributed by atoms with E-state index in [0.717, 1.165) is 22.3 Å². The van der Waals surface area contributed by atoms with Crippen molar-refractivity contribution in [2.75, 3.05) is 0 Å². The van der Waals surface area contributed by atoms with Gasteiger partial charge in [-0.3, -0.25) is 4.79 Å². The zero-order valence-corrected chi connectivity index (χ0v) is 10.5. The van der Waals surface area contributed by atoms with Crippen molar-refractivity contribution in [3.63, 3.8) is 0 Å². The molecule has 88 valence electrons. The van der Waals surface area contributed by atoms with Gasteiger partial charge in [0, 0.05) is 11.8 Å². The molecule has 0 aliphatic heterocycles. The summed E-state index contributed by atoms with van der Waals surface area (Å²) >= 11 is 0. The summed E-state index contributed by atoms with van der Waals surface area (Å²) in [6.07, 6.45) is 1.94. The van der Waals surface area contributed by atoms with Crippen molar-refractivity contribution in [2.24, 2.45) is 0 Å². The molecule has 0 unspecified atom stereocenters. The van der Waals surface area contributed by atoms with Crippen LogP contribution in [0.3, 0.4) is 0 Å². The maximum absolute atomic E-state index is 12.1. The Bertz CT molecular complexity index is 582. The highest BCUT2D eigenvalue weighted by atomic mass is 16.1. The smallest absolute Gasteiger partial charge is 0.254 e. The van der Waals surface area contributed by atoms with Gasteiger partial charge < -0.3 is 4.57 Å². The van der Waals surface area contributed by atoms with Gasteiger partial charge in [0.2, 0.25) is 0 Å². The van der Waals surface area contributed by atoms with Crippen molar-refractivity contribution in [2.45, 2.75) is 27.3 Å². The summed E-state index contributed by atoms with van der Waals surface area (Å²) in [5.74, 6) is 0. The molecule has 0 amide bonds. The van der Waals surface area contributed by atoms with E-state index in [9.17, 15) is 4.79 Å². The van der Waals surface area contributed by atoms with Gasteiger partial charge in [0.1, 0.15) is 0 Å². The van der Waals surface area contributed by atoms with E-state index in [0.29, 0.717) is 6.54 Å². The highest BCUT2D eigenvalue weighted by Gasteiger charge is 2.06. The first kappa shape index (κ1) is 11.6. The van der Waals surface area contributed by atoms with Gasteiger partial charge in [0.05, 0.1) is 6.54 Å². The summed E-state index contributed by atoms with van der Waals surface area (Å²) in [6, 6.07) is 10.0. The maximum Gasteiger partial charge on any atom is 0.254 e. The van der Waals surface area contributed by atoms with Crippen LogP contribution in [0.25, 0.3) is 0 Å². The van der Waals surface area contributed by atoms with Crippen LogP contribution in [0.2, 0.25) is 0 Å². The monoisotopic (exact) mass is 227 g/mol. The summed E-state index contributed by atoms with van der Waals surface area (Å²) in [6.45, 7) is 6.58. The Balaban J connectivity index is 2.44. The average Bonchev–Trinajstić information content (AvgIpc) is 2.35. The third-order valence-corrected chi connectivity index (χ3v) is 3.28. The zero-order chi connectivity index (χ0) is 12.4. The second-order valence-electron chi connectivity index (χ2n) is 4.48. The summed E-state index contributed by atoms with van der Waals surface area (Å²) < 4.78 is 1.78. The van der Waals surface area contributed by atoms with Crippen molar-refractivity contribution in [1.82, 2.24) is 4.57 Å². The van der Waals surface area contributed by atoms with E-state index in [4.69, 9.17) is 0 Å². The Hall–Kier alpha value is -1.83. The Morgan fingerprint density at radius 3 is 2.29 bits per heavy atom. The van der Waals surface area contributed by atoms with Gasteiger partial charge in [0.25, 0.3) is 5.56 Å². The van der Waals surface area contributed by atoms with E-state index >= 15 is 0 Å². The molecule has 0 radical (unpaired) electrons. The molecule has 2 nitrogen and oxygen atoms in total. The molecule has 2 heteroatoms. The molecule has 2 rings (SSSR count). The van der Waals surface area contributed by atoms with Crippen molar-refractivity contribution in [3.8, 4) is 0 Å². The van der Waals surface area contributed by atoms with Crippen molar-refractivity contribution >= 4 is 0 Å². The lowest BCUT2D eigenvalue weighted by Gasteiger charge is -2.11. The molecule has 2 aromatic rings. The molecular formula is C15H17NO. The van der Waals surface area contributed by atoms with E-state index in [1.54, 1.807) is 4.57 Å². The largest absolute Gasteiger partial charge is 0.311 e. The fourth-order valence-electron chi connectivity index (χ4n) is 1.96. The predicted octanol–water partition coefficient (Wildman–Crippen LogP) is 2.82. The molecule has 0 bridgehead atoms. The maximum atomic E-state index is 12.1. The standard InChI is InChI=1S/C15H17NO/c1-11-9-16(15(17)13(3)12(11)2)10-14-7-5-4-6-8-14/h4-9H,10H2,1-3H3. The van der Waals surface area contributed by atoms with Crippen LogP contribution in [0.15, 0.2) is 41.3 Å². The zero-order valence-electron chi connectivity index (χ0n) is 10.5. The lowest BCUT2D eigenvalue weighted by Crippen LogP contribution is -2.24. The summed E-state index contributed by atoms with van der Waals surface area (Å²) in [4.78, 5) is 12.1. The topological polar surface area (TPSA) is 22.0 Å². The number of pyridine rings is 1. The summed E-state index contributed by atoms with van der Waals surface area (Å²) in [7, 11) is 0. The normalized spacial score (nSPS) is 10.5. The van der Waals surface area contributed by atoms with E-state index in [-0.39, 0.29) is 5.56 Å². The summed E-state index contributed by atoms with van der Waals surface area (Å²) in [5, 5.41) is 0. The highest BCUT2D eigenvalue weighted by molar-refractivity contribution is 5.29. The van der Waals surface area contributed by atoms with Crippen LogP contribution in [0, 0.1) is 20.8 Å². The van der Waals surface area contributed by atoms with Gasteiger partial charge in [0.15, 0.2) is 0 Å². The van der Waals surface area contributed by atoms with Crippen molar-refractivity contribution in [3.05, 3.63) is 69.1 Å². The lowest BCUT2D eigenvalue weighted by molar-refractivity contribution is 0.743. The molecule has 1 aromatic carbocycles. The molecule has 0 saturated carbocycles. The average molecular weight is 227 g/mol. The van der Waals surface area contributed by atoms with Crippen molar-refractivity contribution in [1.29, 1.82) is 0 Å². The van der Waals surface area contributed by atoms with Gasteiger partial charge in [-0.05, 0) is 37.5 Å². The van der Waals surface area contributed by atoms with Crippen LogP contribution in [-0.2, 0) is 6.54 Å². The molecule has 1 aromatic heterocycles. The molecule has 0 N–H and O–H groups in total. The van der Waals surface area contributed by atoms with Gasteiger partial charge in [-0.1, -0.05) is 30.3 Å². The van der Waals surface area contributed by atoms with Gasteiger partial charge >= 0.3 is 0 Å². The third-order valence-electron chi connectivity index (χ3n) is 3.28. The van der Waals surface area contributed by atoms with Crippen LogP contribution < -0.4 is 5.56 Å². The van der Waals surface area contributed by atoms with Crippen LogP contribution >= 0.6 is 0 Å². The van der Waals surface area contributed by atoms with Gasteiger partial charge in [-0.15, -0.1) is 0 Å². The van der Waals surface area contributed by atoms with E-state index in [1.165, 1.54) is 0 Å². The lowest BCUT2D eigenvalue weighted by atomic mass is 10.1. The molecule has 0 aliphatic carbocycles. The van der Waals surface area contributed by atoms with Crippen LogP contribution in [0.1, 0.15) is 22.3 Å². The van der Waals surface area contributed by atoms with E-state index in [1.807, 2.05) is 57.3 Å². The SMILES string of the molecule is Cc1cn(Cc2ccccc2)c(=O)c(C)c1C. The Kier molecular flexibility index (Phi) is 3.14. The second kappa shape index (κ2) is 4.58. The van der Waals surface area contributed by atoms with E-state index in [2.05, 4.69) is 0 Å². The number of rotatable bonds is 2. The minimum absolute atomic E-state index is 0.108. The van der Waals surface area contributed by atoms with E-state index < -0.39 is 0 Å². The molecular weight excluding hydrogens is 210 g/mol. The number of benzene rings is 1. The second-order valence-corrected chi connectivity index (χ2v) is 4.48. The highest BCUT2D eigenvalue weighted by Crippen LogP contribution is 2.09. The fourth-order valence-corrected chi connectivity index (χ4v) is 1.96. The first-order valence-electron chi connectivity index (χ1n) is 5.81. The first-order valence-corrected chi connectivity index (χ1v) is 5.81. The molecule has 1 heterocycles. The number of nitrogens with zero attached hydrogens (tertiary/aromatic N) is 1. The third kappa shape index (κ3) is 2.31. The number of aromatic nitrogens is 1. The quantitative estimate of drug-likeness (QED) is 0.773. The fraction of sp³-hybridized carbons (Fsp3) is 0.267. The van der Waals surface area contributed by atoms with Crippen molar-refractivity contribution < 1.29 is 0 Å². The Morgan fingerprint density at radius 2 is 1.65 bits per heavy atom. The molecule has 0 spiro atoms. The summed E-state index contributed by atoms with van der Waals surface area (Å²) in [5.41, 5.74) is 4.37. The Morgan fingerprint density at radius 1 is 1.00 bits per heavy atom. The number of hydrogen-bond donors (Lipinski definition) is 0. The van der Waals surface area contributed by atoms with Crippen LogP contribution in [0.4, 0.5) is 0 Å². The minimum Gasteiger partial charge on any atom is -0.311 e. The first-order chi connectivity index (χ1) is 8.09. The Labute approximate surface area is 102 Å².